The molecule has 2 aromatic rings. The van der Waals surface area contributed by atoms with Crippen LogP contribution in [0.15, 0.2) is 28.7 Å². The lowest BCUT2D eigenvalue weighted by molar-refractivity contribution is 0.499. The van der Waals surface area contributed by atoms with Gasteiger partial charge in [0.05, 0.1) is 0 Å². The molecule has 1 aromatic heterocycles. The summed E-state index contributed by atoms with van der Waals surface area (Å²) in [4.78, 5) is 0. The van der Waals surface area contributed by atoms with Gasteiger partial charge in [0, 0.05) is 22.9 Å². The minimum Gasteiger partial charge on any atom is -0.444 e. The second-order valence-corrected chi connectivity index (χ2v) is 4.77. The van der Waals surface area contributed by atoms with Crippen molar-refractivity contribution in [1.29, 1.82) is 0 Å². The molecule has 3 heteroatoms. The SMILES string of the molecule is CC(C)C(CN)c1cccc2cc(Cl)oc12. The molecule has 1 aromatic carbocycles. The third kappa shape index (κ3) is 1.95. The Hall–Kier alpha value is -0.990. The van der Waals surface area contributed by atoms with E-state index >= 15 is 0 Å². The number of fused-ring (bicyclic) bond motifs is 1. The largest absolute Gasteiger partial charge is 0.444 e. The van der Waals surface area contributed by atoms with Gasteiger partial charge in [0.1, 0.15) is 5.58 Å². The second-order valence-electron chi connectivity index (χ2n) is 4.40. The Morgan fingerprint density at radius 1 is 1.38 bits per heavy atom. The van der Waals surface area contributed by atoms with Crippen LogP contribution in [-0.2, 0) is 0 Å². The number of rotatable bonds is 3. The molecule has 0 saturated heterocycles. The van der Waals surface area contributed by atoms with Crippen molar-refractivity contribution in [3.05, 3.63) is 35.0 Å². The predicted octanol–water partition coefficient (Wildman–Crippen LogP) is 3.78. The zero-order chi connectivity index (χ0) is 11.7. The summed E-state index contributed by atoms with van der Waals surface area (Å²) in [5.74, 6) is 0.797. The first-order valence-electron chi connectivity index (χ1n) is 5.51. The highest BCUT2D eigenvalue weighted by Crippen LogP contribution is 2.33. The number of halogens is 1. The van der Waals surface area contributed by atoms with Gasteiger partial charge in [-0.3, -0.25) is 0 Å². The zero-order valence-corrected chi connectivity index (χ0v) is 10.3. The summed E-state index contributed by atoms with van der Waals surface area (Å²) < 4.78 is 5.54. The summed E-state index contributed by atoms with van der Waals surface area (Å²) in [6, 6.07) is 7.94. The molecule has 2 rings (SSSR count). The molecule has 2 N–H and O–H groups in total. The van der Waals surface area contributed by atoms with Gasteiger partial charge < -0.3 is 10.2 Å². The maximum absolute atomic E-state index is 5.88. The number of para-hydroxylation sites is 1. The highest BCUT2D eigenvalue weighted by Gasteiger charge is 2.18. The Labute approximate surface area is 100 Å². The van der Waals surface area contributed by atoms with E-state index < -0.39 is 0 Å². The molecule has 0 aliphatic rings. The molecular formula is C13H16ClNO. The van der Waals surface area contributed by atoms with Crippen molar-refractivity contribution >= 4 is 22.6 Å². The molecule has 86 valence electrons. The van der Waals surface area contributed by atoms with E-state index in [2.05, 4.69) is 19.9 Å². The van der Waals surface area contributed by atoms with E-state index in [1.165, 1.54) is 0 Å². The molecule has 2 nitrogen and oxygen atoms in total. The topological polar surface area (TPSA) is 39.2 Å². The third-order valence-electron chi connectivity index (χ3n) is 3.00. The van der Waals surface area contributed by atoms with Crippen LogP contribution in [0.25, 0.3) is 11.0 Å². The summed E-state index contributed by atoms with van der Waals surface area (Å²) >= 11 is 5.88. The Morgan fingerprint density at radius 3 is 2.75 bits per heavy atom. The van der Waals surface area contributed by atoms with Crippen molar-refractivity contribution in [3.63, 3.8) is 0 Å². The second kappa shape index (κ2) is 4.48. The number of benzene rings is 1. The van der Waals surface area contributed by atoms with Crippen LogP contribution in [0.5, 0.6) is 0 Å². The molecule has 1 unspecified atom stereocenters. The molecule has 0 bridgehead atoms. The monoisotopic (exact) mass is 237 g/mol. The van der Waals surface area contributed by atoms with Gasteiger partial charge in [0.25, 0.3) is 0 Å². The van der Waals surface area contributed by atoms with E-state index in [-0.39, 0.29) is 0 Å². The molecule has 0 radical (unpaired) electrons. The van der Waals surface area contributed by atoms with Crippen molar-refractivity contribution in [2.45, 2.75) is 19.8 Å². The van der Waals surface area contributed by atoms with Gasteiger partial charge in [-0.2, -0.15) is 0 Å². The van der Waals surface area contributed by atoms with Crippen LogP contribution < -0.4 is 5.73 Å². The van der Waals surface area contributed by atoms with Crippen LogP contribution >= 0.6 is 11.6 Å². The standard InChI is InChI=1S/C13H16ClNO/c1-8(2)11(7-15)10-5-3-4-9-6-12(14)16-13(9)10/h3-6,8,11H,7,15H2,1-2H3. The molecule has 0 aliphatic carbocycles. The average Bonchev–Trinajstić information content (AvgIpc) is 2.59. The van der Waals surface area contributed by atoms with Crippen LogP contribution in [0.2, 0.25) is 5.22 Å². The maximum Gasteiger partial charge on any atom is 0.194 e. The van der Waals surface area contributed by atoms with Crippen LogP contribution in [0.1, 0.15) is 25.3 Å². The Kier molecular flexibility index (Phi) is 3.22. The van der Waals surface area contributed by atoms with Crippen LogP contribution in [0.3, 0.4) is 0 Å². The lowest BCUT2D eigenvalue weighted by Crippen LogP contribution is -2.17. The van der Waals surface area contributed by atoms with Gasteiger partial charge in [-0.15, -0.1) is 0 Å². The van der Waals surface area contributed by atoms with Crippen LogP contribution in [0, 0.1) is 5.92 Å². The molecule has 0 spiro atoms. The molecule has 0 saturated carbocycles. The molecule has 1 atom stereocenters. The van der Waals surface area contributed by atoms with Crippen LogP contribution in [0.4, 0.5) is 0 Å². The van der Waals surface area contributed by atoms with Crippen molar-refractivity contribution in [2.24, 2.45) is 11.7 Å². The first kappa shape index (κ1) is 11.5. The Balaban J connectivity index is 2.58. The first-order valence-corrected chi connectivity index (χ1v) is 5.89. The molecule has 16 heavy (non-hydrogen) atoms. The van der Waals surface area contributed by atoms with Gasteiger partial charge in [-0.25, -0.2) is 0 Å². The van der Waals surface area contributed by atoms with E-state index in [4.69, 9.17) is 21.8 Å². The van der Waals surface area contributed by atoms with Crippen LogP contribution in [-0.4, -0.2) is 6.54 Å². The number of nitrogens with two attached hydrogens (primary N) is 1. The van der Waals surface area contributed by atoms with Gasteiger partial charge in [-0.05, 0) is 24.1 Å². The summed E-state index contributed by atoms with van der Waals surface area (Å²) in [5, 5.41) is 1.48. The molecule has 0 fully saturated rings. The molecule has 0 aliphatic heterocycles. The maximum atomic E-state index is 5.88. The van der Waals surface area contributed by atoms with Crippen molar-refractivity contribution < 1.29 is 4.42 Å². The number of hydrogen-bond donors (Lipinski definition) is 1. The predicted molar refractivity (Wildman–Crippen MR) is 67.9 cm³/mol. The van der Waals surface area contributed by atoms with Gasteiger partial charge in [0.2, 0.25) is 0 Å². The van der Waals surface area contributed by atoms with Gasteiger partial charge >= 0.3 is 0 Å². The summed E-state index contributed by atoms with van der Waals surface area (Å²) in [6.45, 7) is 4.96. The molecule has 1 heterocycles. The Morgan fingerprint density at radius 2 is 2.12 bits per heavy atom. The average molecular weight is 238 g/mol. The Bertz CT molecular complexity index is 490. The van der Waals surface area contributed by atoms with E-state index in [1.54, 1.807) is 0 Å². The van der Waals surface area contributed by atoms with Gasteiger partial charge in [0.15, 0.2) is 5.22 Å². The molecular weight excluding hydrogens is 222 g/mol. The van der Waals surface area contributed by atoms with Crippen molar-refractivity contribution in [2.75, 3.05) is 6.54 Å². The molecule has 0 amide bonds. The van der Waals surface area contributed by atoms with Crippen molar-refractivity contribution in [1.82, 2.24) is 0 Å². The normalized spacial score (nSPS) is 13.6. The highest BCUT2D eigenvalue weighted by atomic mass is 35.5. The van der Waals surface area contributed by atoms with E-state index in [1.807, 2.05) is 18.2 Å². The fourth-order valence-electron chi connectivity index (χ4n) is 2.10. The lowest BCUT2D eigenvalue weighted by atomic mass is 9.88. The lowest BCUT2D eigenvalue weighted by Gasteiger charge is -2.19. The smallest absolute Gasteiger partial charge is 0.194 e. The first-order chi connectivity index (χ1) is 7.63. The number of hydrogen-bond acceptors (Lipinski definition) is 2. The van der Waals surface area contributed by atoms with Crippen molar-refractivity contribution in [3.8, 4) is 0 Å². The summed E-state index contributed by atoms with van der Waals surface area (Å²) in [7, 11) is 0. The quantitative estimate of drug-likeness (QED) is 0.882. The minimum absolute atomic E-state index is 0.311. The van der Waals surface area contributed by atoms with E-state index in [0.717, 1.165) is 16.5 Å². The minimum atomic E-state index is 0.311. The summed E-state index contributed by atoms with van der Waals surface area (Å²) in [6.07, 6.45) is 0. The highest BCUT2D eigenvalue weighted by molar-refractivity contribution is 6.29. The number of furan rings is 1. The van der Waals surface area contributed by atoms with Gasteiger partial charge in [-0.1, -0.05) is 32.0 Å². The van der Waals surface area contributed by atoms with E-state index in [9.17, 15) is 0 Å². The van der Waals surface area contributed by atoms with E-state index in [0.29, 0.717) is 23.6 Å². The fraction of sp³-hybridized carbons (Fsp3) is 0.385. The zero-order valence-electron chi connectivity index (χ0n) is 9.53. The third-order valence-corrected chi connectivity index (χ3v) is 3.19. The fourth-order valence-corrected chi connectivity index (χ4v) is 2.30. The summed E-state index contributed by atoms with van der Waals surface area (Å²) in [5.41, 5.74) is 7.86.